The number of benzene rings is 2. The Morgan fingerprint density at radius 1 is 1.26 bits per heavy atom. The molecule has 0 radical (unpaired) electrons. The maximum Gasteiger partial charge on any atom is 0.258 e. The largest absolute Gasteiger partial charge is 0.483 e. The number of hydrogen-bond donors (Lipinski definition) is 2. The molecule has 0 aromatic heterocycles. The molecule has 19 heavy (non-hydrogen) atoms. The Morgan fingerprint density at radius 2 is 2.05 bits per heavy atom. The van der Waals surface area contributed by atoms with Gasteiger partial charge in [0.2, 0.25) is 0 Å². The van der Waals surface area contributed by atoms with Gasteiger partial charge in [-0.15, -0.1) is 0 Å². The molecule has 0 aliphatic rings. The van der Waals surface area contributed by atoms with Crippen LogP contribution < -0.4 is 10.1 Å². The van der Waals surface area contributed by atoms with Crippen molar-refractivity contribution in [3.8, 4) is 5.75 Å². The van der Waals surface area contributed by atoms with Crippen LogP contribution in [0.5, 0.6) is 5.75 Å². The third-order valence-corrected chi connectivity index (χ3v) is 3.44. The molecule has 0 saturated heterocycles. The molecule has 2 rings (SSSR count). The fourth-order valence-corrected chi connectivity index (χ4v) is 2.32. The fraction of sp³-hybridized carbons (Fsp3) is 0.214. The van der Waals surface area contributed by atoms with E-state index in [0.29, 0.717) is 5.75 Å². The summed E-state index contributed by atoms with van der Waals surface area (Å²) in [6.07, 6.45) is 0. The molecular formula is C14H14BrNO3. The van der Waals surface area contributed by atoms with Crippen molar-refractivity contribution >= 4 is 32.6 Å². The molecule has 0 bridgehead atoms. The third kappa shape index (κ3) is 3.45. The van der Waals surface area contributed by atoms with Crippen molar-refractivity contribution < 1.29 is 14.6 Å². The van der Waals surface area contributed by atoms with Gasteiger partial charge in [-0.1, -0.05) is 30.3 Å². The van der Waals surface area contributed by atoms with Gasteiger partial charge in [-0.25, -0.2) is 0 Å². The molecule has 0 unspecified atom stereocenters. The van der Waals surface area contributed by atoms with Crippen molar-refractivity contribution in [3.63, 3.8) is 0 Å². The van der Waals surface area contributed by atoms with E-state index in [9.17, 15) is 4.79 Å². The number of nitrogens with one attached hydrogen (secondary N) is 1. The van der Waals surface area contributed by atoms with Crippen LogP contribution in [0, 0.1) is 0 Å². The van der Waals surface area contributed by atoms with Crippen LogP contribution in [0.15, 0.2) is 40.9 Å². The average molecular weight is 324 g/mol. The summed E-state index contributed by atoms with van der Waals surface area (Å²) < 4.78 is 6.30. The molecule has 0 aliphatic heterocycles. The summed E-state index contributed by atoms with van der Waals surface area (Å²) in [5.41, 5.74) is 0. The predicted molar refractivity (Wildman–Crippen MR) is 77.2 cm³/mol. The Morgan fingerprint density at radius 3 is 2.84 bits per heavy atom. The zero-order valence-corrected chi connectivity index (χ0v) is 11.8. The van der Waals surface area contributed by atoms with Crippen LogP contribution in [-0.4, -0.2) is 30.8 Å². The van der Waals surface area contributed by atoms with Crippen LogP contribution in [0.1, 0.15) is 0 Å². The number of carbonyl (C=O) groups excluding carboxylic acids is 1. The van der Waals surface area contributed by atoms with E-state index in [-0.39, 0.29) is 25.7 Å². The standard InChI is InChI=1S/C14H14BrNO3/c15-14-11-4-2-1-3-10(11)5-6-12(14)19-9-13(18)16-7-8-17/h1-6,17H,7-9H2,(H,16,18). The predicted octanol–water partition coefficient (Wildman–Crippen LogP) is 2.09. The Hall–Kier alpha value is -1.59. The molecule has 5 heteroatoms. The van der Waals surface area contributed by atoms with Gasteiger partial charge < -0.3 is 15.2 Å². The highest BCUT2D eigenvalue weighted by Crippen LogP contribution is 2.32. The van der Waals surface area contributed by atoms with Crippen molar-refractivity contribution in [3.05, 3.63) is 40.9 Å². The molecule has 0 heterocycles. The average Bonchev–Trinajstić information content (AvgIpc) is 2.44. The van der Waals surface area contributed by atoms with Gasteiger partial charge in [-0.05, 0) is 32.8 Å². The number of rotatable bonds is 5. The smallest absolute Gasteiger partial charge is 0.258 e. The quantitative estimate of drug-likeness (QED) is 0.885. The summed E-state index contributed by atoms with van der Waals surface area (Å²) >= 11 is 3.49. The zero-order chi connectivity index (χ0) is 13.7. The fourth-order valence-electron chi connectivity index (χ4n) is 1.71. The molecule has 0 aliphatic carbocycles. The van der Waals surface area contributed by atoms with Gasteiger partial charge in [0.05, 0.1) is 11.1 Å². The van der Waals surface area contributed by atoms with E-state index in [4.69, 9.17) is 9.84 Å². The lowest BCUT2D eigenvalue weighted by Gasteiger charge is -2.10. The summed E-state index contributed by atoms with van der Waals surface area (Å²) in [7, 11) is 0. The lowest BCUT2D eigenvalue weighted by molar-refractivity contribution is -0.123. The van der Waals surface area contributed by atoms with Gasteiger partial charge in [0.25, 0.3) is 5.91 Å². The van der Waals surface area contributed by atoms with Gasteiger partial charge in [0.1, 0.15) is 5.75 Å². The number of hydrogen-bond acceptors (Lipinski definition) is 3. The monoisotopic (exact) mass is 323 g/mol. The highest BCUT2D eigenvalue weighted by Gasteiger charge is 2.08. The van der Waals surface area contributed by atoms with E-state index >= 15 is 0 Å². The summed E-state index contributed by atoms with van der Waals surface area (Å²) in [6.45, 7) is 0.0867. The molecular weight excluding hydrogens is 310 g/mol. The number of aliphatic hydroxyl groups excluding tert-OH is 1. The molecule has 100 valence electrons. The van der Waals surface area contributed by atoms with Crippen LogP contribution in [0.25, 0.3) is 10.8 Å². The van der Waals surface area contributed by atoms with Crippen molar-refractivity contribution in [2.24, 2.45) is 0 Å². The second-order valence-electron chi connectivity index (χ2n) is 3.96. The van der Waals surface area contributed by atoms with Gasteiger partial charge in [-0.2, -0.15) is 0 Å². The molecule has 2 aromatic rings. The number of halogens is 1. The number of ether oxygens (including phenoxy) is 1. The molecule has 2 aromatic carbocycles. The Labute approximate surface area is 119 Å². The normalized spacial score (nSPS) is 10.4. The molecule has 4 nitrogen and oxygen atoms in total. The molecule has 0 atom stereocenters. The van der Waals surface area contributed by atoms with Crippen LogP contribution in [0.3, 0.4) is 0 Å². The van der Waals surface area contributed by atoms with Gasteiger partial charge in [-0.3, -0.25) is 4.79 Å². The van der Waals surface area contributed by atoms with E-state index in [2.05, 4.69) is 21.2 Å². The maximum absolute atomic E-state index is 11.4. The van der Waals surface area contributed by atoms with Crippen molar-refractivity contribution in [1.29, 1.82) is 0 Å². The first-order valence-corrected chi connectivity index (χ1v) is 6.69. The minimum Gasteiger partial charge on any atom is -0.483 e. The van der Waals surface area contributed by atoms with Crippen molar-refractivity contribution in [1.82, 2.24) is 5.32 Å². The molecule has 0 fully saturated rings. The van der Waals surface area contributed by atoms with Crippen LogP contribution in [0.2, 0.25) is 0 Å². The second-order valence-corrected chi connectivity index (χ2v) is 4.75. The van der Waals surface area contributed by atoms with Gasteiger partial charge >= 0.3 is 0 Å². The number of fused-ring (bicyclic) bond motifs is 1. The van der Waals surface area contributed by atoms with Crippen molar-refractivity contribution in [2.75, 3.05) is 19.8 Å². The van der Waals surface area contributed by atoms with E-state index in [0.717, 1.165) is 15.2 Å². The maximum atomic E-state index is 11.4. The van der Waals surface area contributed by atoms with Crippen LogP contribution in [0.4, 0.5) is 0 Å². The second kappa shape index (κ2) is 6.54. The van der Waals surface area contributed by atoms with Gasteiger partial charge in [0.15, 0.2) is 6.61 Å². The number of amides is 1. The first-order chi connectivity index (χ1) is 9.22. The minimum atomic E-state index is -0.255. The molecule has 0 saturated carbocycles. The topological polar surface area (TPSA) is 58.6 Å². The Bertz CT molecular complexity index is 586. The SMILES string of the molecule is O=C(COc1ccc2ccccc2c1Br)NCCO. The molecule has 2 N–H and O–H groups in total. The summed E-state index contributed by atoms with van der Waals surface area (Å²) in [5, 5.41) is 13.3. The first kappa shape index (κ1) is 13.8. The van der Waals surface area contributed by atoms with E-state index in [1.807, 2.05) is 36.4 Å². The minimum absolute atomic E-state index is 0.0725. The first-order valence-electron chi connectivity index (χ1n) is 5.90. The third-order valence-electron chi connectivity index (χ3n) is 2.62. The Kier molecular flexibility index (Phi) is 4.76. The zero-order valence-electron chi connectivity index (χ0n) is 10.2. The highest BCUT2D eigenvalue weighted by atomic mass is 79.9. The molecule has 0 spiro atoms. The van der Waals surface area contributed by atoms with Crippen molar-refractivity contribution in [2.45, 2.75) is 0 Å². The summed E-state index contributed by atoms with van der Waals surface area (Å²) in [4.78, 5) is 11.4. The highest BCUT2D eigenvalue weighted by molar-refractivity contribution is 9.10. The van der Waals surface area contributed by atoms with E-state index in [1.54, 1.807) is 0 Å². The van der Waals surface area contributed by atoms with Crippen LogP contribution in [-0.2, 0) is 4.79 Å². The van der Waals surface area contributed by atoms with E-state index in [1.165, 1.54) is 0 Å². The number of aliphatic hydroxyl groups is 1. The summed E-state index contributed by atoms with van der Waals surface area (Å²) in [5.74, 6) is 0.368. The van der Waals surface area contributed by atoms with Crippen LogP contribution >= 0.6 is 15.9 Å². The van der Waals surface area contributed by atoms with E-state index < -0.39 is 0 Å². The number of carbonyl (C=O) groups is 1. The lowest BCUT2D eigenvalue weighted by Crippen LogP contribution is -2.31. The van der Waals surface area contributed by atoms with Gasteiger partial charge in [0, 0.05) is 6.54 Å². The Balaban J connectivity index is 2.09. The molecule has 1 amide bonds. The lowest BCUT2D eigenvalue weighted by atomic mass is 10.1. The summed E-state index contributed by atoms with van der Waals surface area (Å²) in [6, 6.07) is 11.7.